The molecule has 1 atom stereocenters. The molecule has 1 unspecified atom stereocenters. The molecule has 0 bridgehead atoms. The van der Waals surface area contributed by atoms with Gasteiger partial charge in [0.25, 0.3) is 0 Å². The molecule has 0 aliphatic heterocycles. The van der Waals surface area contributed by atoms with Gasteiger partial charge in [0.05, 0.1) is 5.60 Å². The molecular weight excluding hydrogens is 288 g/mol. The third-order valence-corrected chi connectivity index (χ3v) is 5.18. The fraction of sp³-hybridized carbons (Fsp3) is 0.625. The van der Waals surface area contributed by atoms with Crippen LogP contribution in [0.3, 0.4) is 0 Å². The van der Waals surface area contributed by atoms with Crippen molar-refractivity contribution < 1.29 is 5.11 Å². The van der Waals surface area contributed by atoms with E-state index in [1.165, 1.54) is 36.8 Å². The summed E-state index contributed by atoms with van der Waals surface area (Å²) in [5, 5.41) is 10.8. The highest BCUT2D eigenvalue weighted by atomic mass is 79.9. The zero-order valence-electron chi connectivity index (χ0n) is 10.8. The van der Waals surface area contributed by atoms with Gasteiger partial charge in [-0.15, -0.1) is 0 Å². The van der Waals surface area contributed by atoms with Crippen LogP contribution in [0.4, 0.5) is 0 Å². The molecule has 1 saturated carbocycles. The molecule has 1 aromatic rings. The van der Waals surface area contributed by atoms with Crippen molar-refractivity contribution in [1.82, 2.24) is 0 Å². The number of fused-ring (bicyclic) bond motifs is 1. The molecule has 3 rings (SSSR count). The van der Waals surface area contributed by atoms with Crippen LogP contribution in [-0.2, 0) is 12.8 Å². The number of hydrogen-bond acceptors (Lipinski definition) is 1. The Morgan fingerprint density at radius 2 is 2.00 bits per heavy atom. The summed E-state index contributed by atoms with van der Waals surface area (Å²) in [7, 11) is 0. The largest absolute Gasteiger partial charge is 0.390 e. The molecule has 0 saturated heterocycles. The van der Waals surface area contributed by atoms with Crippen molar-refractivity contribution in [3.63, 3.8) is 0 Å². The number of aryl methyl sites for hydroxylation is 1. The van der Waals surface area contributed by atoms with Gasteiger partial charge >= 0.3 is 0 Å². The molecule has 0 radical (unpaired) electrons. The lowest BCUT2D eigenvalue weighted by Gasteiger charge is -2.35. The van der Waals surface area contributed by atoms with Gasteiger partial charge in [0.2, 0.25) is 0 Å². The van der Waals surface area contributed by atoms with E-state index >= 15 is 0 Å². The molecule has 18 heavy (non-hydrogen) atoms. The topological polar surface area (TPSA) is 20.2 Å². The summed E-state index contributed by atoms with van der Waals surface area (Å²) >= 11 is 3.53. The molecule has 98 valence electrons. The number of benzene rings is 1. The van der Waals surface area contributed by atoms with Crippen LogP contribution in [0.2, 0.25) is 0 Å². The lowest BCUT2D eigenvalue weighted by atomic mass is 9.75. The molecule has 0 aromatic heterocycles. The summed E-state index contributed by atoms with van der Waals surface area (Å²) in [5.41, 5.74) is 2.33. The predicted octanol–water partition coefficient (Wildman–Crippen LogP) is 4.25. The van der Waals surface area contributed by atoms with Gasteiger partial charge in [0, 0.05) is 10.9 Å². The van der Waals surface area contributed by atoms with Crippen LogP contribution in [0.1, 0.15) is 49.7 Å². The van der Waals surface area contributed by atoms with E-state index in [1.54, 1.807) is 0 Å². The van der Waals surface area contributed by atoms with Crippen molar-refractivity contribution in [3.8, 4) is 0 Å². The van der Waals surface area contributed by atoms with Gasteiger partial charge in [-0.05, 0) is 48.4 Å². The van der Waals surface area contributed by atoms with Crippen LogP contribution in [0.5, 0.6) is 0 Å². The Morgan fingerprint density at radius 3 is 2.78 bits per heavy atom. The van der Waals surface area contributed by atoms with Gasteiger partial charge in [0.15, 0.2) is 0 Å². The van der Waals surface area contributed by atoms with Crippen LogP contribution in [0, 0.1) is 5.92 Å². The zero-order valence-corrected chi connectivity index (χ0v) is 12.4. The second kappa shape index (κ2) is 4.97. The maximum absolute atomic E-state index is 10.8. The third kappa shape index (κ3) is 2.65. The third-order valence-electron chi connectivity index (χ3n) is 4.69. The van der Waals surface area contributed by atoms with Crippen LogP contribution in [-0.4, -0.2) is 10.7 Å². The van der Waals surface area contributed by atoms with Gasteiger partial charge in [-0.2, -0.15) is 0 Å². The minimum atomic E-state index is -0.435. The summed E-state index contributed by atoms with van der Waals surface area (Å²) < 4.78 is 1.16. The Balaban J connectivity index is 1.74. The summed E-state index contributed by atoms with van der Waals surface area (Å²) in [6.45, 7) is 0. The zero-order chi connectivity index (χ0) is 12.6. The number of aliphatic hydroxyl groups is 1. The Morgan fingerprint density at radius 1 is 1.22 bits per heavy atom. The van der Waals surface area contributed by atoms with Gasteiger partial charge in [-0.3, -0.25) is 0 Å². The van der Waals surface area contributed by atoms with Crippen molar-refractivity contribution in [2.24, 2.45) is 5.92 Å². The maximum Gasteiger partial charge on any atom is 0.0693 e. The fourth-order valence-corrected chi connectivity index (χ4v) is 4.14. The smallest absolute Gasteiger partial charge is 0.0693 e. The number of halogens is 1. The molecule has 1 aromatic carbocycles. The summed E-state index contributed by atoms with van der Waals surface area (Å²) in [5.74, 6) is 0.770. The minimum absolute atomic E-state index is 0.435. The van der Waals surface area contributed by atoms with Crippen molar-refractivity contribution in [2.45, 2.75) is 57.0 Å². The van der Waals surface area contributed by atoms with Crippen LogP contribution in [0.25, 0.3) is 0 Å². The van der Waals surface area contributed by atoms with E-state index in [1.807, 2.05) is 0 Å². The maximum atomic E-state index is 10.8. The van der Waals surface area contributed by atoms with Gasteiger partial charge < -0.3 is 5.11 Å². The van der Waals surface area contributed by atoms with Gasteiger partial charge in [0.1, 0.15) is 0 Å². The molecule has 1 N–H and O–H groups in total. The number of hydrogen-bond donors (Lipinski definition) is 1. The van der Waals surface area contributed by atoms with E-state index in [0.29, 0.717) is 0 Å². The molecule has 1 fully saturated rings. The predicted molar refractivity (Wildman–Crippen MR) is 77.7 cm³/mol. The monoisotopic (exact) mass is 308 g/mol. The fourth-order valence-electron chi connectivity index (χ4n) is 3.74. The summed E-state index contributed by atoms with van der Waals surface area (Å²) in [6, 6.07) is 6.49. The average molecular weight is 309 g/mol. The van der Waals surface area contributed by atoms with Crippen LogP contribution < -0.4 is 0 Å². The van der Waals surface area contributed by atoms with E-state index in [9.17, 15) is 5.11 Å². The molecular formula is C16H21BrO. The SMILES string of the molecule is OC1(CC2CCCC2)CCc2cc(Br)ccc2C1. The first kappa shape index (κ1) is 12.7. The highest BCUT2D eigenvalue weighted by Gasteiger charge is 2.35. The molecule has 2 heteroatoms. The Bertz CT molecular complexity index is 437. The first-order valence-electron chi connectivity index (χ1n) is 7.14. The van der Waals surface area contributed by atoms with E-state index in [2.05, 4.69) is 34.1 Å². The molecule has 1 nitrogen and oxygen atoms in total. The second-order valence-electron chi connectivity index (χ2n) is 6.17. The van der Waals surface area contributed by atoms with E-state index in [0.717, 1.165) is 36.1 Å². The Labute approximate surface area is 118 Å². The van der Waals surface area contributed by atoms with Crippen molar-refractivity contribution >= 4 is 15.9 Å². The number of rotatable bonds is 2. The lowest BCUT2D eigenvalue weighted by Crippen LogP contribution is -2.37. The summed E-state index contributed by atoms with van der Waals surface area (Å²) in [6.07, 6.45) is 9.22. The first-order valence-corrected chi connectivity index (χ1v) is 7.94. The van der Waals surface area contributed by atoms with Gasteiger partial charge in [-0.1, -0.05) is 47.7 Å². The normalized spacial score (nSPS) is 28.3. The van der Waals surface area contributed by atoms with E-state index in [-0.39, 0.29) is 0 Å². The van der Waals surface area contributed by atoms with Crippen LogP contribution in [0.15, 0.2) is 22.7 Å². The van der Waals surface area contributed by atoms with Gasteiger partial charge in [-0.25, -0.2) is 0 Å². The van der Waals surface area contributed by atoms with Crippen molar-refractivity contribution in [1.29, 1.82) is 0 Å². The molecule has 2 aliphatic rings. The van der Waals surface area contributed by atoms with Crippen LogP contribution >= 0.6 is 15.9 Å². The molecule has 0 amide bonds. The quantitative estimate of drug-likeness (QED) is 0.866. The second-order valence-corrected chi connectivity index (χ2v) is 7.08. The molecule has 0 heterocycles. The van der Waals surface area contributed by atoms with Crippen molar-refractivity contribution in [2.75, 3.05) is 0 Å². The highest BCUT2D eigenvalue weighted by molar-refractivity contribution is 9.10. The van der Waals surface area contributed by atoms with E-state index in [4.69, 9.17) is 0 Å². The Kier molecular flexibility index (Phi) is 3.50. The first-order chi connectivity index (χ1) is 8.65. The van der Waals surface area contributed by atoms with Crippen molar-refractivity contribution in [3.05, 3.63) is 33.8 Å². The average Bonchev–Trinajstić information content (AvgIpc) is 2.82. The highest BCUT2D eigenvalue weighted by Crippen LogP contribution is 2.38. The minimum Gasteiger partial charge on any atom is -0.390 e. The Hall–Kier alpha value is -0.340. The standard InChI is InChI=1S/C16H21BrO/c17-15-6-5-14-11-16(18,8-7-13(14)9-15)10-12-3-1-2-4-12/h5-6,9,12,18H,1-4,7-8,10-11H2. The molecule has 2 aliphatic carbocycles. The lowest BCUT2D eigenvalue weighted by molar-refractivity contribution is 0.00328. The summed E-state index contributed by atoms with van der Waals surface area (Å²) in [4.78, 5) is 0. The van der Waals surface area contributed by atoms with E-state index < -0.39 is 5.60 Å². The molecule has 0 spiro atoms.